The van der Waals surface area contributed by atoms with E-state index in [1.165, 1.54) is 0 Å². The summed E-state index contributed by atoms with van der Waals surface area (Å²) in [5.74, 6) is 0.202. The summed E-state index contributed by atoms with van der Waals surface area (Å²) < 4.78 is 28.3. The highest BCUT2D eigenvalue weighted by molar-refractivity contribution is 7.89. The summed E-state index contributed by atoms with van der Waals surface area (Å²) in [7, 11) is -3.51. The minimum Gasteiger partial charge on any atom is -0.207 e. The minimum atomic E-state index is -3.51. The fourth-order valence-corrected chi connectivity index (χ4v) is 4.30. The number of nitrogens with one attached hydrogen (secondary N) is 1. The van der Waals surface area contributed by atoms with Gasteiger partial charge in [-0.15, -0.1) is 0 Å². The molecule has 0 saturated heterocycles. The Hall–Kier alpha value is -1.13. The highest BCUT2D eigenvalue weighted by Gasteiger charge is 2.24. The smallest absolute Gasteiger partial charge is 0.207 e. The fourth-order valence-electron chi connectivity index (χ4n) is 2.51. The largest absolute Gasteiger partial charge is 0.241 e. The fraction of sp³-hybridized carbons (Fsp3) is 0.529. The van der Waals surface area contributed by atoms with Gasteiger partial charge in [0.15, 0.2) is 0 Å². The Labute approximate surface area is 129 Å². The number of hydrogen-bond acceptors (Lipinski definition) is 2. The first kappa shape index (κ1) is 17.9. The molecule has 0 saturated carbocycles. The lowest BCUT2D eigenvalue weighted by Crippen LogP contribution is -2.37. The molecule has 0 aromatic heterocycles. The molecule has 0 radical (unpaired) electrons. The molecule has 0 aliphatic carbocycles. The summed E-state index contributed by atoms with van der Waals surface area (Å²) in [6.45, 7) is 11.7. The van der Waals surface area contributed by atoms with E-state index in [2.05, 4.69) is 4.72 Å². The SMILES string of the molecule is CC/C=C/[C@@H](NS(=O)(=O)c1c(C)cc(C)cc1C)C(C)C. The van der Waals surface area contributed by atoms with E-state index in [0.29, 0.717) is 4.90 Å². The number of rotatable bonds is 6. The van der Waals surface area contributed by atoms with Crippen molar-refractivity contribution >= 4 is 10.0 Å². The molecule has 0 unspecified atom stereocenters. The molecule has 1 aromatic carbocycles. The number of sulfonamides is 1. The Balaban J connectivity index is 3.20. The second-order valence-corrected chi connectivity index (χ2v) is 7.61. The van der Waals surface area contributed by atoms with Gasteiger partial charge in [0.1, 0.15) is 0 Å². The quantitative estimate of drug-likeness (QED) is 0.811. The molecule has 1 N–H and O–H groups in total. The predicted molar refractivity (Wildman–Crippen MR) is 89.0 cm³/mol. The molecule has 0 heterocycles. The average molecular weight is 309 g/mol. The topological polar surface area (TPSA) is 46.2 Å². The van der Waals surface area contributed by atoms with Gasteiger partial charge >= 0.3 is 0 Å². The number of allylic oxidation sites excluding steroid dienone is 1. The van der Waals surface area contributed by atoms with Gasteiger partial charge < -0.3 is 0 Å². The van der Waals surface area contributed by atoms with Gasteiger partial charge in [-0.2, -0.15) is 0 Å². The van der Waals surface area contributed by atoms with E-state index < -0.39 is 10.0 Å². The number of hydrogen-bond donors (Lipinski definition) is 1. The van der Waals surface area contributed by atoms with Crippen LogP contribution in [0.4, 0.5) is 0 Å². The summed E-state index contributed by atoms with van der Waals surface area (Å²) in [4.78, 5) is 0.406. The summed E-state index contributed by atoms with van der Waals surface area (Å²) in [6.07, 6.45) is 4.84. The van der Waals surface area contributed by atoms with Crippen LogP contribution in [0.5, 0.6) is 0 Å². The maximum Gasteiger partial charge on any atom is 0.241 e. The Bertz CT molecular complexity index is 593. The second kappa shape index (κ2) is 7.23. The molecule has 0 aliphatic heterocycles. The first-order valence-electron chi connectivity index (χ1n) is 7.46. The van der Waals surface area contributed by atoms with Crippen LogP contribution in [-0.2, 0) is 10.0 Å². The van der Waals surface area contributed by atoms with Gasteiger partial charge in [0.25, 0.3) is 0 Å². The van der Waals surface area contributed by atoms with Crippen molar-refractivity contribution in [2.75, 3.05) is 0 Å². The first-order chi connectivity index (χ1) is 9.69. The zero-order chi connectivity index (χ0) is 16.2. The standard InChI is InChI=1S/C17H27NO2S/c1-7-8-9-16(12(2)3)18-21(19,20)17-14(5)10-13(4)11-15(17)6/h8-12,16,18H,7H2,1-6H3/b9-8+/t16-/m1/s1. The van der Waals surface area contributed by atoms with E-state index in [1.54, 1.807) is 0 Å². The molecule has 0 bridgehead atoms. The zero-order valence-corrected chi connectivity index (χ0v) is 14.7. The first-order valence-corrected chi connectivity index (χ1v) is 8.94. The van der Waals surface area contributed by atoms with Crippen LogP contribution in [0.15, 0.2) is 29.2 Å². The van der Waals surface area contributed by atoms with E-state index in [1.807, 2.05) is 65.8 Å². The van der Waals surface area contributed by atoms with Gasteiger partial charge in [-0.05, 0) is 44.2 Å². The van der Waals surface area contributed by atoms with Gasteiger partial charge in [0, 0.05) is 6.04 Å². The van der Waals surface area contributed by atoms with Gasteiger partial charge in [-0.1, -0.05) is 50.6 Å². The van der Waals surface area contributed by atoms with E-state index in [4.69, 9.17) is 0 Å². The minimum absolute atomic E-state index is 0.185. The normalized spacial score (nSPS) is 14.0. The average Bonchev–Trinajstić information content (AvgIpc) is 2.32. The number of benzene rings is 1. The van der Waals surface area contributed by atoms with Crippen LogP contribution in [0.2, 0.25) is 0 Å². The molecule has 0 spiro atoms. The molecule has 21 heavy (non-hydrogen) atoms. The highest BCUT2D eigenvalue weighted by atomic mass is 32.2. The summed E-state index contributed by atoms with van der Waals surface area (Å²) in [5, 5.41) is 0. The molecule has 0 amide bonds. The second-order valence-electron chi connectivity index (χ2n) is 5.96. The highest BCUT2D eigenvalue weighted by Crippen LogP contribution is 2.22. The van der Waals surface area contributed by atoms with Crippen molar-refractivity contribution in [3.8, 4) is 0 Å². The molecule has 4 heteroatoms. The third-order valence-corrected chi connectivity index (χ3v) is 5.23. The maximum absolute atomic E-state index is 12.7. The molecule has 118 valence electrons. The van der Waals surface area contributed by atoms with Crippen molar-refractivity contribution < 1.29 is 8.42 Å². The third-order valence-electron chi connectivity index (χ3n) is 3.46. The molecule has 0 fully saturated rings. The Morgan fingerprint density at radius 2 is 1.67 bits per heavy atom. The summed E-state index contributed by atoms with van der Waals surface area (Å²) in [6, 6.07) is 3.64. The molecule has 1 atom stereocenters. The lowest BCUT2D eigenvalue weighted by atomic mass is 10.1. The van der Waals surface area contributed by atoms with E-state index in [-0.39, 0.29) is 12.0 Å². The number of aryl methyl sites for hydroxylation is 3. The lowest BCUT2D eigenvalue weighted by molar-refractivity contribution is 0.507. The molecule has 1 aromatic rings. The zero-order valence-electron chi connectivity index (χ0n) is 13.9. The van der Waals surface area contributed by atoms with Gasteiger partial charge in [0.05, 0.1) is 4.90 Å². The summed E-state index contributed by atoms with van der Waals surface area (Å²) in [5.41, 5.74) is 2.67. The molecular weight excluding hydrogens is 282 g/mol. The molecule has 3 nitrogen and oxygen atoms in total. The van der Waals surface area contributed by atoms with Crippen LogP contribution in [0, 0.1) is 26.7 Å². The van der Waals surface area contributed by atoms with Crippen molar-refractivity contribution in [3.05, 3.63) is 41.0 Å². The van der Waals surface area contributed by atoms with Crippen LogP contribution in [-0.4, -0.2) is 14.5 Å². The molecule has 1 rings (SSSR count). The van der Waals surface area contributed by atoms with Crippen LogP contribution in [0.3, 0.4) is 0 Å². The van der Waals surface area contributed by atoms with Crippen LogP contribution in [0.1, 0.15) is 43.9 Å². The molecular formula is C17H27NO2S. The predicted octanol–water partition coefficient (Wildman–Crippen LogP) is 3.88. The van der Waals surface area contributed by atoms with Crippen LogP contribution in [0.25, 0.3) is 0 Å². The Morgan fingerprint density at radius 3 is 2.10 bits per heavy atom. The maximum atomic E-state index is 12.7. The van der Waals surface area contributed by atoms with E-state index in [9.17, 15) is 8.42 Å². The van der Waals surface area contributed by atoms with Crippen LogP contribution < -0.4 is 4.72 Å². The Morgan fingerprint density at radius 1 is 1.14 bits per heavy atom. The summed E-state index contributed by atoms with van der Waals surface area (Å²) >= 11 is 0. The van der Waals surface area contributed by atoms with Crippen molar-refractivity contribution in [2.45, 2.75) is 58.9 Å². The lowest BCUT2D eigenvalue weighted by Gasteiger charge is -2.21. The van der Waals surface area contributed by atoms with Crippen molar-refractivity contribution in [1.82, 2.24) is 4.72 Å². The van der Waals surface area contributed by atoms with Crippen molar-refractivity contribution in [1.29, 1.82) is 0 Å². The van der Waals surface area contributed by atoms with Crippen LogP contribution >= 0.6 is 0 Å². The third kappa shape index (κ3) is 4.68. The Kier molecular flexibility index (Phi) is 6.17. The van der Waals surface area contributed by atoms with Crippen molar-refractivity contribution in [3.63, 3.8) is 0 Å². The van der Waals surface area contributed by atoms with E-state index >= 15 is 0 Å². The van der Waals surface area contributed by atoms with Crippen molar-refractivity contribution in [2.24, 2.45) is 5.92 Å². The van der Waals surface area contributed by atoms with Gasteiger partial charge in [0.2, 0.25) is 10.0 Å². The monoisotopic (exact) mass is 309 g/mol. The van der Waals surface area contributed by atoms with E-state index in [0.717, 1.165) is 23.1 Å². The molecule has 0 aliphatic rings. The van der Waals surface area contributed by atoms with Gasteiger partial charge in [-0.25, -0.2) is 13.1 Å². The van der Waals surface area contributed by atoms with Gasteiger partial charge in [-0.3, -0.25) is 0 Å².